The zero-order valence-corrected chi connectivity index (χ0v) is 11.0. The van der Waals surface area contributed by atoms with Crippen molar-refractivity contribution >= 4 is 12.3 Å². The average molecular weight is 237 g/mol. The van der Waals surface area contributed by atoms with E-state index in [0.717, 1.165) is 11.3 Å². The molecule has 0 aliphatic heterocycles. The number of aldehydes is 1. The summed E-state index contributed by atoms with van der Waals surface area (Å²) in [6.45, 7) is 8.06. The molecule has 0 atom stereocenters. The molecule has 0 radical (unpaired) electrons. The van der Waals surface area contributed by atoms with Crippen LogP contribution in [0.25, 0.3) is 0 Å². The molecular formula is C13H19NO3. The largest absolute Gasteiger partial charge is 0.465 e. The number of hydrogen-bond donors (Lipinski definition) is 1. The molecule has 1 heterocycles. The van der Waals surface area contributed by atoms with Gasteiger partial charge in [0.2, 0.25) is 0 Å². The Morgan fingerprint density at radius 2 is 2.00 bits per heavy atom. The predicted molar refractivity (Wildman–Crippen MR) is 65.6 cm³/mol. The molecule has 0 saturated carbocycles. The molecule has 0 amide bonds. The third-order valence-electron chi connectivity index (χ3n) is 2.74. The van der Waals surface area contributed by atoms with Gasteiger partial charge in [0.05, 0.1) is 18.4 Å². The third kappa shape index (κ3) is 2.40. The van der Waals surface area contributed by atoms with Crippen LogP contribution < -0.4 is 0 Å². The second-order valence-corrected chi connectivity index (χ2v) is 4.98. The highest BCUT2D eigenvalue weighted by Crippen LogP contribution is 2.30. The lowest BCUT2D eigenvalue weighted by Crippen LogP contribution is -2.15. The van der Waals surface area contributed by atoms with Crippen LogP contribution in [-0.2, 0) is 16.6 Å². The number of esters is 1. The van der Waals surface area contributed by atoms with Crippen molar-refractivity contribution in [3.05, 3.63) is 22.5 Å². The normalized spacial score (nSPS) is 11.4. The summed E-state index contributed by atoms with van der Waals surface area (Å²) in [6, 6.07) is 0. The van der Waals surface area contributed by atoms with Crippen molar-refractivity contribution in [2.45, 2.75) is 39.5 Å². The Labute approximate surface area is 101 Å². The maximum Gasteiger partial charge on any atom is 0.340 e. The van der Waals surface area contributed by atoms with Crippen LogP contribution in [-0.4, -0.2) is 24.3 Å². The molecule has 0 bridgehead atoms. The van der Waals surface area contributed by atoms with Gasteiger partial charge in [-0.2, -0.15) is 0 Å². The number of nitrogens with one attached hydrogen (secondary N) is 1. The Hall–Kier alpha value is -1.58. The molecule has 0 fully saturated rings. The molecular weight excluding hydrogens is 218 g/mol. The molecule has 0 aromatic carbocycles. The van der Waals surface area contributed by atoms with E-state index < -0.39 is 5.97 Å². The Bertz CT molecular complexity index is 438. The van der Waals surface area contributed by atoms with Gasteiger partial charge >= 0.3 is 5.97 Å². The maximum absolute atomic E-state index is 11.7. The first-order chi connectivity index (χ1) is 7.86. The van der Waals surface area contributed by atoms with Crippen LogP contribution in [0, 0.1) is 0 Å². The van der Waals surface area contributed by atoms with Gasteiger partial charge in [-0.05, 0) is 12.0 Å². The van der Waals surface area contributed by atoms with Crippen LogP contribution in [0.15, 0.2) is 0 Å². The zero-order chi connectivity index (χ0) is 13.2. The van der Waals surface area contributed by atoms with E-state index in [1.807, 2.05) is 27.7 Å². The van der Waals surface area contributed by atoms with Crippen molar-refractivity contribution in [3.63, 3.8) is 0 Å². The minimum Gasteiger partial charge on any atom is -0.465 e. The molecule has 17 heavy (non-hydrogen) atoms. The van der Waals surface area contributed by atoms with Gasteiger partial charge in [-0.15, -0.1) is 0 Å². The average Bonchev–Trinajstić information content (AvgIpc) is 2.65. The molecule has 1 rings (SSSR count). The van der Waals surface area contributed by atoms with E-state index in [1.165, 1.54) is 7.11 Å². The molecule has 1 N–H and O–H groups in total. The standard InChI is InChI=1S/C13H19NO3/c1-6-8-10(12(16)17-5)9(7-15)14-11(8)13(2,3)4/h7,14H,6H2,1-5H3. The van der Waals surface area contributed by atoms with E-state index in [9.17, 15) is 9.59 Å². The van der Waals surface area contributed by atoms with Crippen LogP contribution in [0.5, 0.6) is 0 Å². The molecule has 94 valence electrons. The third-order valence-corrected chi connectivity index (χ3v) is 2.74. The molecule has 1 aromatic rings. The fourth-order valence-corrected chi connectivity index (χ4v) is 1.98. The monoisotopic (exact) mass is 237 g/mol. The van der Waals surface area contributed by atoms with Gasteiger partial charge in [0.15, 0.2) is 6.29 Å². The summed E-state index contributed by atoms with van der Waals surface area (Å²) in [6.07, 6.45) is 1.35. The highest BCUT2D eigenvalue weighted by molar-refractivity contribution is 5.99. The summed E-state index contributed by atoms with van der Waals surface area (Å²) in [5, 5.41) is 0. The summed E-state index contributed by atoms with van der Waals surface area (Å²) in [5.41, 5.74) is 2.32. The van der Waals surface area contributed by atoms with Crippen molar-refractivity contribution in [2.75, 3.05) is 7.11 Å². The maximum atomic E-state index is 11.7. The molecule has 4 nitrogen and oxygen atoms in total. The van der Waals surface area contributed by atoms with Gasteiger partial charge in [0, 0.05) is 11.1 Å². The van der Waals surface area contributed by atoms with Crippen molar-refractivity contribution in [1.29, 1.82) is 0 Å². The van der Waals surface area contributed by atoms with Crippen LogP contribution >= 0.6 is 0 Å². The van der Waals surface area contributed by atoms with E-state index in [-0.39, 0.29) is 5.41 Å². The fourth-order valence-electron chi connectivity index (χ4n) is 1.98. The number of aromatic nitrogens is 1. The Balaban J connectivity index is 3.52. The van der Waals surface area contributed by atoms with Gasteiger partial charge in [-0.3, -0.25) is 4.79 Å². The Kier molecular flexibility index (Phi) is 3.76. The van der Waals surface area contributed by atoms with E-state index in [4.69, 9.17) is 4.74 Å². The molecule has 0 unspecified atom stereocenters. The summed E-state index contributed by atoms with van der Waals surface area (Å²) >= 11 is 0. The zero-order valence-electron chi connectivity index (χ0n) is 11.0. The minimum atomic E-state index is -0.462. The SMILES string of the molecule is CCc1c(C(C)(C)C)[nH]c(C=O)c1C(=O)OC. The lowest BCUT2D eigenvalue weighted by Gasteiger charge is -2.19. The number of methoxy groups -OCH3 is 1. The van der Waals surface area contributed by atoms with Crippen LogP contribution in [0.1, 0.15) is 59.8 Å². The van der Waals surface area contributed by atoms with Crippen LogP contribution in [0.4, 0.5) is 0 Å². The first kappa shape index (κ1) is 13.5. The fraction of sp³-hybridized carbons (Fsp3) is 0.538. The lowest BCUT2D eigenvalue weighted by atomic mass is 9.87. The quantitative estimate of drug-likeness (QED) is 0.649. The number of aromatic amines is 1. The Morgan fingerprint density at radius 1 is 1.41 bits per heavy atom. The van der Waals surface area contributed by atoms with Gasteiger partial charge in [-0.1, -0.05) is 27.7 Å². The van der Waals surface area contributed by atoms with Crippen molar-refractivity contribution in [2.24, 2.45) is 0 Å². The number of hydrogen-bond acceptors (Lipinski definition) is 3. The number of carbonyl (C=O) groups is 2. The number of rotatable bonds is 3. The summed E-state index contributed by atoms with van der Waals surface area (Å²) in [4.78, 5) is 25.8. The van der Waals surface area contributed by atoms with Crippen LogP contribution in [0.3, 0.4) is 0 Å². The molecule has 4 heteroatoms. The molecule has 0 spiro atoms. The van der Waals surface area contributed by atoms with E-state index in [1.54, 1.807) is 0 Å². The first-order valence-corrected chi connectivity index (χ1v) is 5.65. The van der Waals surface area contributed by atoms with E-state index in [0.29, 0.717) is 24.0 Å². The van der Waals surface area contributed by atoms with Crippen LogP contribution in [0.2, 0.25) is 0 Å². The molecule has 1 aromatic heterocycles. The first-order valence-electron chi connectivity index (χ1n) is 5.65. The summed E-state index contributed by atoms with van der Waals surface area (Å²) in [7, 11) is 1.32. The Morgan fingerprint density at radius 3 is 2.35 bits per heavy atom. The summed E-state index contributed by atoms with van der Waals surface area (Å²) in [5.74, 6) is -0.462. The highest BCUT2D eigenvalue weighted by atomic mass is 16.5. The molecule has 0 aliphatic rings. The summed E-state index contributed by atoms with van der Waals surface area (Å²) < 4.78 is 4.73. The van der Waals surface area contributed by atoms with Gasteiger partial charge in [0.25, 0.3) is 0 Å². The molecule has 0 aliphatic carbocycles. The van der Waals surface area contributed by atoms with Crippen molar-refractivity contribution < 1.29 is 14.3 Å². The van der Waals surface area contributed by atoms with Gasteiger partial charge < -0.3 is 9.72 Å². The highest BCUT2D eigenvalue weighted by Gasteiger charge is 2.28. The topological polar surface area (TPSA) is 59.2 Å². The van der Waals surface area contributed by atoms with Gasteiger partial charge in [-0.25, -0.2) is 4.79 Å². The lowest BCUT2D eigenvalue weighted by molar-refractivity contribution is 0.0597. The number of carbonyl (C=O) groups excluding carboxylic acids is 2. The predicted octanol–water partition coefficient (Wildman–Crippen LogP) is 2.47. The van der Waals surface area contributed by atoms with E-state index >= 15 is 0 Å². The molecule has 0 saturated heterocycles. The minimum absolute atomic E-state index is 0.143. The number of ether oxygens (including phenoxy) is 1. The van der Waals surface area contributed by atoms with Crippen molar-refractivity contribution in [1.82, 2.24) is 4.98 Å². The number of H-pyrrole nitrogens is 1. The smallest absolute Gasteiger partial charge is 0.340 e. The second kappa shape index (κ2) is 4.73. The van der Waals surface area contributed by atoms with Gasteiger partial charge in [0.1, 0.15) is 0 Å². The van der Waals surface area contributed by atoms with Crippen molar-refractivity contribution in [3.8, 4) is 0 Å². The van der Waals surface area contributed by atoms with E-state index in [2.05, 4.69) is 4.98 Å². The second-order valence-electron chi connectivity index (χ2n) is 4.98.